The Morgan fingerprint density at radius 1 is 0.778 bits per heavy atom. The SMILES string of the molecule is CCCOS(=O)(=O)OCCCOS(=O)(=O)CCC. The van der Waals surface area contributed by atoms with Gasteiger partial charge in [-0.25, -0.2) is 8.37 Å². The number of rotatable bonds is 11. The molecule has 7 nitrogen and oxygen atoms in total. The van der Waals surface area contributed by atoms with Gasteiger partial charge in [-0.05, 0) is 19.3 Å². The molecule has 0 amide bonds. The van der Waals surface area contributed by atoms with Gasteiger partial charge in [0.2, 0.25) is 0 Å². The van der Waals surface area contributed by atoms with E-state index >= 15 is 0 Å². The van der Waals surface area contributed by atoms with Crippen LogP contribution in [-0.2, 0) is 33.1 Å². The fourth-order valence-electron chi connectivity index (χ4n) is 0.934. The molecule has 0 aromatic rings. The minimum Gasteiger partial charge on any atom is -0.270 e. The normalized spacial score (nSPS) is 12.8. The summed E-state index contributed by atoms with van der Waals surface area (Å²) in [4.78, 5) is 0. The second-order valence-corrected chi connectivity index (χ2v) is 6.54. The first kappa shape index (κ1) is 17.8. The number of hydrogen-bond donors (Lipinski definition) is 0. The highest BCUT2D eigenvalue weighted by atomic mass is 32.3. The van der Waals surface area contributed by atoms with Crippen molar-refractivity contribution in [1.82, 2.24) is 0 Å². The lowest BCUT2D eigenvalue weighted by molar-refractivity contribution is 0.199. The Bertz CT molecular complexity index is 399. The highest BCUT2D eigenvalue weighted by molar-refractivity contribution is 7.86. The molecule has 0 heterocycles. The van der Waals surface area contributed by atoms with Crippen LogP contribution >= 0.6 is 0 Å². The van der Waals surface area contributed by atoms with Crippen LogP contribution in [0.2, 0.25) is 0 Å². The first-order chi connectivity index (χ1) is 8.33. The Kier molecular flexibility index (Phi) is 8.70. The van der Waals surface area contributed by atoms with E-state index in [9.17, 15) is 16.8 Å². The second-order valence-electron chi connectivity index (χ2n) is 3.49. The van der Waals surface area contributed by atoms with E-state index in [1.165, 1.54) is 0 Å². The van der Waals surface area contributed by atoms with Gasteiger partial charge in [-0.1, -0.05) is 13.8 Å². The third-order valence-electron chi connectivity index (χ3n) is 1.67. The monoisotopic (exact) mass is 304 g/mol. The minimum absolute atomic E-state index is 0.0498. The van der Waals surface area contributed by atoms with Crippen LogP contribution in [0, 0.1) is 0 Å². The van der Waals surface area contributed by atoms with Crippen molar-refractivity contribution in [2.24, 2.45) is 0 Å². The fraction of sp³-hybridized carbons (Fsp3) is 1.00. The quantitative estimate of drug-likeness (QED) is 0.412. The van der Waals surface area contributed by atoms with Crippen LogP contribution in [0.1, 0.15) is 33.1 Å². The maximum absolute atomic E-state index is 11.1. The summed E-state index contributed by atoms with van der Waals surface area (Å²) in [5.41, 5.74) is 0. The summed E-state index contributed by atoms with van der Waals surface area (Å²) >= 11 is 0. The van der Waals surface area contributed by atoms with Crippen molar-refractivity contribution < 1.29 is 29.4 Å². The molecule has 0 aliphatic rings. The summed E-state index contributed by atoms with van der Waals surface area (Å²) in [6.45, 7) is 3.27. The summed E-state index contributed by atoms with van der Waals surface area (Å²) in [6, 6.07) is 0. The van der Waals surface area contributed by atoms with Crippen molar-refractivity contribution in [2.45, 2.75) is 33.1 Å². The summed E-state index contributed by atoms with van der Waals surface area (Å²) in [5.74, 6) is -0.0498. The van der Waals surface area contributed by atoms with Crippen molar-refractivity contribution in [1.29, 1.82) is 0 Å². The lowest BCUT2D eigenvalue weighted by Gasteiger charge is -2.06. The van der Waals surface area contributed by atoms with E-state index in [0.29, 0.717) is 12.8 Å². The third-order valence-corrected chi connectivity index (χ3v) is 4.01. The molecule has 0 aromatic carbocycles. The van der Waals surface area contributed by atoms with E-state index in [4.69, 9.17) is 0 Å². The summed E-state index contributed by atoms with van der Waals surface area (Å²) in [7, 11) is -7.47. The molecular formula is C9H20O7S2. The molecule has 0 saturated heterocycles. The maximum Gasteiger partial charge on any atom is 0.399 e. The van der Waals surface area contributed by atoms with Crippen LogP contribution in [0.3, 0.4) is 0 Å². The Balaban J connectivity index is 3.75. The molecule has 0 bridgehead atoms. The molecule has 0 aliphatic heterocycles. The van der Waals surface area contributed by atoms with Crippen LogP contribution in [0.25, 0.3) is 0 Å². The Hall–Kier alpha value is -0.220. The van der Waals surface area contributed by atoms with E-state index in [1.54, 1.807) is 13.8 Å². The summed E-state index contributed by atoms with van der Waals surface area (Å²) in [6.07, 6.45) is 1.18. The van der Waals surface area contributed by atoms with Crippen molar-refractivity contribution in [3.05, 3.63) is 0 Å². The van der Waals surface area contributed by atoms with Gasteiger partial charge in [0.15, 0.2) is 0 Å². The van der Waals surface area contributed by atoms with Crippen molar-refractivity contribution >= 4 is 20.5 Å². The maximum atomic E-state index is 11.1. The van der Waals surface area contributed by atoms with E-state index in [2.05, 4.69) is 12.5 Å². The van der Waals surface area contributed by atoms with Crippen molar-refractivity contribution in [3.8, 4) is 0 Å². The zero-order valence-electron chi connectivity index (χ0n) is 10.6. The Labute approximate surface area is 109 Å². The summed E-state index contributed by atoms with van der Waals surface area (Å²) in [5, 5.41) is 0. The predicted molar refractivity (Wildman–Crippen MR) is 65.8 cm³/mol. The molecule has 0 radical (unpaired) electrons. The lowest BCUT2D eigenvalue weighted by Crippen LogP contribution is -2.15. The van der Waals surface area contributed by atoms with Gasteiger partial charge >= 0.3 is 10.4 Å². The molecule has 0 unspecified atom stereocenters. The largest absolute Gasteiger partial charge is 0.399 e. The highest BCUT2D eigenvalue weighted by Crippen LogP contribution is 2.01. The zero-order valence-corrected chi connectivity index (χ0v) is 12.3. The molecular weight excluding hydrogens is 284 g/mol. The van der Waals surface area contributed by atoms with Gasteiger partial charge in [0.05, 0.1) is 25.6 Å². The molecule has 0 spiro atoms. The Morgan fingerprint density at radius 2 is 1.33 bits per heavy atom. The summed E-state index contributed by atoms with van der Waals surface area (Å²) < 4.78 is 57.9. The van der Waals surface area contributed by atoms with Gasteiger partial charge in [-0.2, -0.15) is 16.8 Å². The second kappa shape index (κ2) is 8.81. The average molecular weight is 304 g/mol. The van der Waals surface area contributed by atoms with E-state index in [0.717, 1.165) is 0 Å². The molecule has 0 N–H and O–H groups in total. The van der Waals surface area contributed by atoms with Gasteiger partial charge < -0.3 is 0 Å². The fourth-order valence-corrected chi connectivity index (χ4v) is 2.68. The van der Waals surface area contributed by atoms with Crippen LogP contribution < -0.4 is 0 Å². The highest BCUT2D eigenvalue weighted by Gasteiger charge is 2.12. The third kappa shape index (κ3) is 9.77. The van der Waals surface area contributed by atoms with Crippen molar-refractivity contribution in [3.63, 3.8) is 0 Å². The topological polar surface area (TPSA) is 96.0 Å². The molecule has 9 heteroatoms. The lowest BCUT2D eigenvalue weighted by atomic mass is 10.5. The zero-order chi connectivity index (χ0) is 14.1. The standard InChI is InChI=1S/C9H20O7S2/c1-3-6-15-18(12,13)16-8-5-7-14-17(10,11)9-4-2/h3-9H2,1-2H3. The van der Waals surface area contributed by atoms with Gasteiger partial charge in [0.25, 0.3) is 10.1 Å². The molecule has 0 rings (SSSR count). The van der Waals surface area contributed by atoms with Crippen LogP contribution in [0.5, 0.6) is 0 Å². The van der Waals surface area contributed by atoms with E-state index < -0.39 is 20.5 Å². The first-order valence-electron chi connectivity index (χ1n) is 5.74. The Morgan fingerprint density at radius 3 is 1.89 bits per heavy atom. The van der Waals surface area contributed by atoms with Gasteiger partial charge in [0, 0.05) is 0 Å². The first-order valence-corrected chi connectivity index (χ1v) is 8.65. The van der Waals surface area contributed by atoms with Gasteiger partial charge in [-0.15, -0.1) is 0 Å². The molecule has 0 aromatic heterocycles. The number of hydrogen-bond acceptors (Lipinski definition) is 7. The molecule has 0 atom stereocenters. The molecule has 0 fully saturated rings. The minimum atomic E-state index is -3.97. The van der Waals surface area contributed by atoms with Crippen LogP contribution in [0.4, 0.5) is 0 Å². The molecule has 0 aliphatic carbocycles. The predicted octanol–water partition coefficient (Wildman–Crippen LogP) is 0.821. The molecule has 18 heavy (non-hydrogen) atoms. The van der Waals surface area contributed by atoms with Crippen LogP contribution in [0.15, 0.2) is 0 Å². The molecule has 110 valence electrons. The molecule has 0 saturated carbocycles. The van der Waals surface area contributed by atoms with E-state index in [1.807, 2.05) is 0 Å². The van der Waals surface area contributed by atoms with Crippen LogP contribution in [-0.4, -0.2) is 42.4 Å². The average Bonchev–Trinajstić information content (AvgIpc) is 2.25. The van der Waals surface area contributed by atoms with Gasteiger partial charge in [0.1, 0.15) is 0 Å². The van der Waals surface area contributed by atoms with Gasteiger partial charge in [-0.3, -0.25) is 4.18 Å². The van der Waals surface area contributed by atoms with E-state index in [-0.39, 0.29) is 32.0 Å². The van der Waals surface area contributed by atoms with Crippen molar-refractivity contribution in [2.75, 3.05) is 25.6 Å². The smallest absolute Gasteiger partial charge is 0.270 e.